The molecule has 3 aliphatic rings. The molecule has 0 saturated heterocycles. The van der Waals surface area contributed by atoms with Crippen molar-refractivity contribution in [3.05, 3.63) is 0 Å². The predicted molar refractivity (Wildman–Crippen MR) is 55.6 cm³/mol. The Morgan fingerprint density at radius 1 is 0.769 bits per heavy atom. The summed E-state index contributed by atoms with van der Waals surface area (Å²) in [7, 11) is 0. The van der Waals surface area contributed by atoms with Crippen molar-refractivity contribution in [2.24, 2.45) is 16.7 Å². The van der Waals surface area contributed by atoms with Crippen LogP contribution < -0.4 is 0 Å². The molecule has 0 nitrogen and oxygen atoms in total. The third-order valence-corrected chi connectivity index (χ3v) is 5.23. The largest absolute Gasteiger partial charge is 0.0625 e. The first-order chi connectivity index (χ1) is 6.22. The van der Waals surface area contributed by atoms with Gasteiger partial charge in [-0.25, -0.2) is 0 Å². The van der Waals surface area contributed by atoms with Crippen molar-refractivity contribution in [1.29, 1.82) is 0 Å². The van der Waals surface area contributed by atoms with Crippen LogP contribution in [0.15, 0.2) is 0 Å². The molecule has 0 atom stereocenters. The second-order valence-corrected chi connectivity index (χ2v) is 6.36. The lowest BCUT2D eigenvalue weighted by atomic mass is 9.69. The Morgan fingerprint density at radius 2 is 1.23 bits per heavy atom. The van der Waals surface area contributed by atoms with Crippen molar-refractivity contribution in [3.63, 3.8) is 0 Å². The standard InChI is InChI=1S/C13H22/c1-11-2-4-12(5-3-11)6-7-13(10-12)8-9-13/h11H,2-10H2,1H3. The van der Waals surface area contributed by atoms with E-state index in [9.17, 15) is 0 Å². The Kier molecular flexibility index (Phi) is 1.61. The van der Waals surface area contributed by atoms with Crippen molar-refractivity contribution >= 4 is 0 Å². The monoisotopic (exact) mass is 178 g/mol. The lowest BCUT2D eigenvalue weighted by molar-refractivity contribution is 0.154. The van der Waals surface area contributed by atoms with Crippen molar-refractivity contribution in [2.75, 3.05) is 0 Å². The lowest BCUT2D eigenvalue weighted by Crippen LogP contribution is -2.24. The van der Waals surface area contributed by atoms with E-state index in [1.54, 1.807) is 44.9 Å². The highest BCUT2D eigenvalue weighted by atomic mass is 14.6. The minimum absolute atomic E-state index is 0.850. The van der Waals surface area contributed by atoms with Crippen molar-refractivity contribution < 1.29 is 0 Å². The summed E-state index contributed by atoms with van der Waals surface area (Å²) in [5, 5.41) is 0. The van der Waals surface area contributed by atoms with Crippen LogP contribution in [-0.2, 0) is 0 Å². The van der Waals surface area contributed by atoms with Crippen LogP contribution in [0.1, 0.15) is 64.7 Å². The highest BCUT2D eigenvalue weighted by Gasteiger charge is 2.54. The Hall–Kier alpha value is 0. The van der Waals surface area contributed by atoms with Gasteiger partial charge in [-0.15, -0.1) is 0 Å². The summed E-state index contributed by atoms with van der Waals surface area (Å²) in [5.74, 6) is 1.03. The van der Waals surface area contributed by atoms with Gasteiger partial charge in [-0.05, 0) is 61.7 Å². The zero-order valence-corrected chi connectivity index (χ0v) is 8.94. The van der Waals surface area contributed by atoms with Crippen molar-refractivity contribution in [1.82, 2.24) is 0 Å². The van der Waals surface area contributed by atoms with E-state index < -0.39 is 0 Å². The van der Waals surface area contributed by atoms with Gasteiger partial charge in [0.25, 0.3) is 0 Å². The summed E-state index contributed by atoms with van der Waals surface area (Å²) < 4.78 is 0. The first-order valence-electron chi connectivity index (χ1n) is 6.22. The summed E-state index contributed by atoms with van der Waals surface area (Å²) >= 11 is 0. The van der Waals surface area contributed by atoms with Gasteiger partial charge >= 0.3 is 0 Å². The molecule has 0 aromatic carbocycles. The van der Waals surface area contributed by atoms with Gasteiger partial charge in [0.2, 0.25) is 0 Å². The summed E-state index contributed by atoms with van der Waals surface area (Å²) in [6, 6.07) is 0. The molecule has 0 heteroatoms. The molecule has 0 radical (unpaired) electrons. The van der Waals surface area contributed by atoms with E-state index in [4.69, 9.17) is 0 Å². The molecule has 0 aromatic heterocycles. The van der Waals surface area contributed by atoms with Gasteiger partial charge in [0.1, 0.15) is 0 Å². The first-order valence-corrected chi connectivity index (χ1v) is 6.22. The number of rotatable bonds is 0. The quantitative estimate of drug-likeness (QED) is 0.523. The third-order valence-electron chi connectivity index (χ3n) is 5.23. The minimum atomic E-state index is 0.850. The van der Waals surface area contributed by atoms with Gasteiger partial charge in [-0.3, -0.25) is 0 Å². The molecule has 0 heterocycles. The molecule has 0 bridgehead atoms. The molecule has 3 aliphatic carbocycles. The molecular weight excluding hydrogens is 156 g/mol. The van der Waals surface area contributed by atoms with E-state index in [1.807, 2.05) is 0 Å². The fourth-order valence-electron chi connectivity index (χ4n) is 3.91. The average Bonchev–Trinajstić information content (AvgIpc) is 2.77. The van der Waals surface area contributed by atoms with E-state index in [1.165, 1.54) is 12.8 Å². The molecule has 0 amide bonds. The highest BCUT2D eigenvalue weighted by molar-refractivity contribution is 5.05. The maximum absolute atomic E-state index is 2.44. The van der Waals surface area contributed by atoms with Gasteiger partial charge in [0.05, 0.1) is 0 Å². The Labute approximate surface area is 82.1 Å². The van der Waals surface area contributed by atoms with E-state index in [-0.39, 0.29) is 0 Å². The molecule has 2 spiro atoms. The molecule has 0 N–H and O–H groups in total. The zero-order valence-electron chi connectivity index (χ0n) is 8.94. The highest BCUT2D eigenvalue weighted by Crippen LogP contribution is 2.67. The molecule has 0 aromatic rings. The number of hydrogen-bond donors (Lipinski definition) is 0. The molecule has 0 unspecified atom stereocenters. The van der Waals surface area contributed by atoms with E-state index in [2.05, 4.69) is 6.92 Å². The van der Waals surface area contributed by atoms with E-state index in [0.717, 1.165) is 16.7 Å². The second-order valence-electron chi connectivity index (χ2n) is 6.36. The lowest BCUT2D eigenvalue weighted by Gasteiger charge is -2.36. The summed E-state index contributed by atoms with van der Waals surface area (Å²) in [4.78, 5) is 0. The van der Waals surface area contributed by atoms with Gasteiger partial charge in [-0.1, -0.05) is 19.8 Å². The van der Waals surface area contributed by atoms with Crippen LogP contribution in [0.5, 0.6) is 0 Å². The Bertz CT molecular complexity index is 204. The number of hydrogen-bond acceptors (Lipinski definition) is 0. The fourth-order valence-corrected chi connectivity index (χ4v) is 3.91. The normalized spacial score (nSPS) is 47.3. The summed E-state index contributed by atoms with van der Waals surface area (Å²) in [6.07, 6.45) is 14.1. The van der Waals surface area contributed by atoms with Crippen LogP contribution in [0.3, 0.4) is 0 Å². The second kappa shape index (κ2) is 2.52. The molecule has 3 saturated carbocycles. The first kappa shape index (κ1) is 8.32. The molecule has 74 valence electrons. The van der Waals surface area contributed by atoms with Crippen LogP contribution in [0, 0.1) is 16.7 Å². The molecule has 13 heavy (non-hydrogen) atoms. The van der Waals surface area contributed by atoms with Crippen molar-refractivity contribution in [2.45, 2.75) is 64.7 Å². The van der Waals surface area contributed by atoms with Gasteiger partial charge in [-0.2, -0.15) is 0 Å². The van der Waals surface area contributed by atoms with E-state index in [0.29, 0.717) is 0 Å². The maximum atomic E-state index is 2.44. The Balaban J connectivity index is 1.69. The van der Waals surface area contributed by atoms with Crippen LogP contribution in [0.2, 0.25) is 0 Å². The predicted octanol–water partition coefficient (Wildman–Crippen LogP) is 4.15. The van der Waals surface area contributed by atoms with Gasteiger partial charge < -0.3 is 0 Å². The molecule has 3 fully saturated rings. The van der Waals surface area contributed by atoms with Gasteiger partial charge in [0.15, 0.2) is 0 Å². The van der Waals surface area contributed by atoms with Crippen molar-refractivity contribution in [3.8, 4) is 0 Å². The van der Waals surface area contributed by atoms with Crippen LogP contribution in [0.4, 0.5) is 0 Å². The fraction of sp³-hybridized carbons (Fsp3) is 1.00. The SMILES string of the molecule is CC1CCC2(CC1)CCC1(CC1)C2. The smallest absolute Gasteiger partial charge is 0.0292 e. The van der Waals surface area contributed by atoms with E-state index >= 15 is 0 Å². The van der Waals surface area contributed by atoms with Gasteiger partial charge in [0, 0.05) is 0 Å². The molecule has 3 rings (SSSR count). The average molecular weight is 178 g/mol. The van der Waals surface area contributed by atoms with Crippen LogP contribution in [0.25, 0.3) is 0 Å². The van der Waals surface area contributed by atoms with Crippen LogP contribution >= 0.6 is 0 Å². The Morgan fingerprint density at radius 3 is 1.69 bits per heavy atom. The zero-order chi connectivity index (χ0) is 8.94. The molecule has 0 aliphatic heterocycles. The van der Waals surface area contributed by atoms with Crippen LogP contribution in [-0.4, -0.2) is 0 Å². The topological polar surface area (TPSA) is 0 Å². The third kappa shape index (κ3) is 1.33. The maximum Gasteiger partial charge on any atom is -0.0292 e. The molecular formula is C13H22. The summed E-state index contributed by atoms with van der Waals surface area (Å²) in [6.45, 7) is 2.44. The summed E-state index contributed by atoms with van der Waals surface area (Å²) in [5.41, 5.74) is 1.75. The minimum Gasteiger partial charge on any atom is -0.0625 e.